The van der Waals surface area contributed by atoms with Gasteiger partial charge in [-0.25, -0.2) is 0 Å². The summed E-state index contributed by atoms with van der Waals surface area (Å²) in [5.41, 5.74) is 7.45. The number of phenols is 1. The number of anilines is 3. The van der Waals surface area contributed by atoms with Gasteiger partial charge >= 0.3 is 0 Å². The molecule has 0 unspecified atom stereocenters. The number of allylic oxidation sites excluding steroid dienone is 2. The maximum absolute atomic E-state index is 14.0. The van der Waals surface area contributed by atoms with Crippen molar-refractivity contribution >= 4 is 35.0 Å². The van der Waals surface area contributed by atoms with Crippen LogP contribution in [0.25, 0.3) is 6.08 Å². The molecule has 2 fully saturated rings. The minimum Gasteiger partial charge on any atom is -0.508 e. The first kappa shape index (κ1) is 28.9. The Hall–Kier alpha value is -4.16. The molecule has 2 saturated heterocycles. The van der Waals surface area contributed by atoms with Gasteiger partial charge in [-0.3, -0.25) is 14.5 Å². The van der Waals surface area contributed by atoms with E-state index < -0.39 is 0 Å². The minimum absolute atomic E-state index is 0.0431. The number of para-hydroxylation sites is 1. The zero-order chi connectivity index (χ0) is 30.1. The zero-order valence-corrected chi connectivity index (χ0v) is 25.1. The van der Waals surface area contributed by atoms with E-state index in [1.807, 2.05) is 66.7 Å². The lowest BCUT2D eigenvalue weighted by Crippen LogP contribution is -2.35. The summed E-state index contributed by atoms with van der Waals surface area (Å²) in [6.45, 7) is 7.02. The zero-order valence-electron chi connectivity index (χ0n) is 25.1. The van der Waals surface area contributed by atoms with Crippen molar-refractivity contribution in [3.8, 4) is 5.75 Å². The van der Waals surface area contributed by atoms with Crippen LogP contribution in [-0.2, 0) is 14.3 Å². The lowest BCUT2D eigenvalue weighted by Gasteiger charge is -2.33. The normalized spacial score (nSPS) is 23.6. The first-order valence-corrected chi connectivity index (χ1v) is 15.5. The van der Waals surface area contributed by atoms with Gasteiger partial charge in [0.2, 0.25) is 11.8 Å². The van der Waals surface area contributed by atoms with Crippen LogP contribution in [0, 0.1) is 23.7 Å². The molecule has 2 N–H and O–H groups in total. The van der Waals surface area contributed by atoms with Crippen LogP contribution in [-0.4, -0.2) is 29.6 Å². The molecule has 2 heterocycles. The minimum atomic E-state index is -0.379. The van der Waals surface area contributed by atoms with Gasteiger partial charge in [0.25, 0.3) is 0 Å². The number of hydrogen-bond donors (Lipinski definition) is 2. The summed E-state index contributed by atoms with van der Waals surface area (Å²) >= 11 is 0. The average Bonchev–Trinajstić information content (AvgIpc) is 3.54. The summed E-state index contributed by atoms with van der Waals surface area (Å²) in [7, 11) is 0. The summed E-state index contributed by atoms with van der Waals surface area (Å²) in [6.07, 6.45) is 5.43. The molecular formula is C37H40N2O4. The Kier molecular flexibility index (Phi) is 8.22. The number of nitrogens with one attached hydrogen (secondary N) is 1. The Balaban J connectivity index is 1.20. The predicted octanol–water partition coefficient (Wildman–Crippen LogP) is 7.89. The quantitative estimate of drug-likeness (QED) is 0.200. The molecule has 4 atom stereocenters. The summed E-state index contributed by atoms with van der Waals surface area (Å²) in [5, 5.41) is 13.0. The van der Waals surface area contributed by atoms with E-state index in [9.17, 15) is 14.7 Å². The molecule has 0 saturated carbocycles. The Morgan fingerprint density at radius 1 is 0.953 bits per heavy atom. The van der Waals surface area contributed by atoms with E-state index >= 15 is 0 Å². The Bertz CT molecular complexity index is 1540. The number of carbonyl (C=O) groups is 2. The fraction of sp³-hybridized carbons (Fsp3) is 0.351. The highest BCUT2D eigenvalue weighted by Crippen LogP contribution is 2.52. The Morgan fingerprint density at radius 3 is 2.33 bits per heavy atom. The molecule has 2 aliphatic heterocycles. The summed E-state index contributed by atoms with van der Waals surface area (Å²) in [4.78, 5) is 29.2. The fourth-order valence-corrected chi connectivity index (χ4v) is 7.07. The van der Waals surface area contributed by atoms with Crippen molar-refractivity contribution < 1.29 is 19.4 Å². The second-order valence-corrected chi connectivity index (χ2v) is 12.2. The van der Waals surface area contributed by atoms with Crippen LogP contribution in [0.15, 0.2) is 95.6 Å². The predicted molar refractivity (Wildman–Crippen MR) is 171 cm³/mol. The van der Waals surface area contributed by atoms with Crippen molar-refractivity contribution in [3.63, 3.8) is 0 Å². The van der Waals surface area contributed by atoms with Gasteiger partial charge in [-0.2, -0.15) is 0 Å². The van der Waals surface area contributed by atoms with E-state index in [1.54, 1.807) is 12.1 Å². The lowest BCUT2D eigenvalue weighted by atomic mass is 9.67. The van der Waals surface area contributed by atoms with Crippen LogP contribution in [0.3, 0.4) is 0 Å². The molecule has 3 aromatic rings. The highest BCUT2D eigenvalue weighted by molar-refractivity contribution is 6.22. The number of amides is 2. The molecule has 3 aliphatic rings. The van der Waals surface area contributed by atoms with Gasteiger partial charge in [-0.05, 0) is 91.3 Å². The van der Waals surface area contributed by atoms with Crippen molar-refractivity contribution in [2.45, 2.75) is 52.6 Å². The van der Waals surface area contributed by atoms with Crippen molar-refractivity contribution in [1.29, 1.82) is 0 Å². The van der Waals surface area contributed by atoms with Crippen LogP contribution in [0.1, 0.15) is 52.0 Å². The van der Waals surface area contributed by atoms with E-state index in [0.29, 0.717) is 18.7 Å². The van der Waals surface area contributed by atoms with E-state index in [4.69, 9.17) is 4.74 Å². The van der Waals surface area contributed by atoms with Gasteiger partial charge in [0.1, 0.15) is 5.75 Å². The molecule has 0 spiro atoms. The van der Waals surface area contributed by atoms with Crippen LogP contribution in [0.4, 0.5) is 17.1 Å². The molecule has 6 rings (SSSR count). The highest BCUT2D eigenvalue weighted by atomic mass is 16.5. The molecule has 6 heteroatoms. The van der Waals surface area contributed by atoms with Crippen LogP contribution in [0.2, 0.25) is 0 Å². The topological polar surface area (TPSA) is 78.9 Å². The van der Waals surface area contributed by atoms with Crippen molar-refractivity contribution in [2.24, 2.45) is 23.7 Å². The number of nitrogens with zero attached hydrogens (tertiary/aromatic N) is 1. The molecule has 43 heavy (non-hydrogen) atoms. The number of imide groups is 1. The van der Waals surface area contributed by atoms with Crippen molar-refractivity contribution in [3.05, 3.63) is 101 Å². The lowest BCUT2D eigenvalue weighted by molar-refractivity contribution is -0.122. The monoisotopic (exact) mass is 576 g/mol. The maximum Gasteiger partial charge on any atom is 0.238 e. The molecule has 0 radical (unpaired) electrons. The van der Waals surface area contributed by atoms with Gasteiger partial charge in [0.15, 0.2) is 0 Å². The molecule has 3 aromatic carbocycles. The van der Waals surface area contributed by atoms with Crippen LogP contribution in [0.5, 0.6) is 5.75 Å². The molecule has 6 nitrogen and oxygen atoms in total. The van der Waals surface area contributed by atoms with Crippen molar-refractivity contribution in [1.82, 2.24) is 0 Å². The number of benzene rings is 3. The third kappa shape index (κ3) is 5.76. The molecular weight excluding hydrogens is 536 g/mol. The number of carbonyl (C=O) groups excluding carboxylic acids is 2. The highest BCUT2D eigenvalue weighted by Gasteiger charge is 2.57. The molecule has 0 bridgehead atoms. The van der Waals surface area contributed by atoms with Gasteiger partial charge in [-0.1, -0.05) is 68.3 Å². The van der Waals surface area contributed by atoms with E-state index in [2.05, 4.69) is 32.2 Å². The SMILES string of the molecule is CC/C(=C\c1ccc(O)cc1)CC[C@H]1OC[C@H]2C1=C(C(C)C)C[C@H]1C(=O)N(c3ccc(Nc4ccccc4)cc3)C(=O)[C@H]12. The second-order valence-electron chi connectivity index (χ2n) is 12.2. The van der Waals surface area contributed by atoms with E-state index in [0.717, 1.165) is 36.2 Å². The van der Waals surface area contributed by atoms with Crippen LogP contribution < -0.4 is 10.2 Å². The fourth-order valence-electron chi connectivity index (χ4n) is 7.07. The number of aromatic hydroxyl groups is 1. The first-order valence-electron chi connectivity index (χ1n) is 15.5. The van der Waals surface area contributed by atoms with Gasteiger partial charge in [-0.15, -0.1) is 0 Å². The smallest absolute Gasteiger partial charge is 0.238 e. The Morgan fingerprint density at radius 2 is 1.65 bits per heavy atom. The third-order valence-electron chi connectivity index (χ3n) is 9.27. The summed E-state index contributed by atoms with van der Waals surface area (Å²) in [6, 6.07) is 24.7. The standard InChI is InChI=1S/C37H40N2O4/c1-4-24(20-25-10-17-29(40)18-11-25)12-19-33-34-30(23(2)3)21-31-35(32(34)22-43-33)37(42)39(36(31)41)28-15-13-27(14-16-28)38-26-8-6-5-7-9-26/h5-11,13-18,20,23,31-33,35,38,40H,4,12,19,21-22H2,1-3H3/b24-20+/t31-,32+,33-,35-/m1/s1. The van der Waals surface area contributed by atoms with E-state index in [-0.39, 0.29) is 47.3 Å². The maximum atomic E-state index is 14.0. The molecule has 1 aliphatic carbocycles. The van der Waals surface area contributed by atoms with Crippen LogP contribution >= 0.6 is 0 Å². The number of ether oxygens (including phenoxy) is 1. The number of phenolic OH excluding ortho intramolecular Hbond substituents is 1. The second kappa shape index (κ2) is 12.2. The molecule has 2 amide bonds. The third-order valence-corrected chi connectivity index (χ3v) is 9.27. The van der Waals surface area contributed by atoms with E-state index in [1.165, 1.54) is 21.6 Å². The number of fused-ring (bicyclic) bond motifs is 3. The number of rotatable bonds is 9. The molecule has 222 valence electrons. The average molecular weight is 577 g/mol. The first-order chi connectivity index (χ1) is 20.8. The van der Waals surface area contributed by atoms with Gasteiger partial charge in [0.05, 0.1) is 30.2 Å². The summed E-state index contributed by atoms with van der Waals surface area (Å²) < 4.78 is 6.44. The Labute approximate surface area is 254 Å². The largest absolute Gasteiger partial charge is 0.508 e. The van der Waals surface area contributed by atoms with Crippen molar-refractivity contribution in [2.75, 3.05) is 16.8 Å². The molecule has 0 aromatic heterocycles. The summed E-state index contributed by atoms with van der Waals surface area (Å²) in [5.74, 6) is -0.438. The number of hydrogen-bond acceptors (Lipinski definition) is 5. The van der Waals surface area contributed by atoms with Gasteiger partial charge < -0.3 is 15.2 Å². The van der Waals surface area contributed by atoms with Gasteiger partial charge in [0, 0.05) is 17.3 Å².